The van der Waals surface area contributed by atoms with Gasteiger partial charge in [-0.1, -0.05) is 30.3 Å². The third-order valence-corrected chi connectivity index (χ3v) is 3.50. The van der Waals surface area contributed by atoms with Gasteiger partial charge in [0.2, 0.25) is 0 Å². The fraction of sp³-hybridized carbons (Fsp3) is 0.250. The molecule has 8 nitrogen and oxygen atoms in total. The number of esters is 1. The number of carbonyl (C=O) groups excluding carboxylic acids is 3. The Morgan fingerprint density at radius 3 is 2.67 bits per heavy atom. The van der Waals surface area contributed by atoms with Crippen LogP contribution in [0.3, 0.4) is 0 Å². The Labute approximate surface area is 138 Å². The van der Waals surface area contributed by atoms with Gasteiger partial charge in [0.15, 0.2) is 5.57 Å². The van der Waals surface area contributed by atoms with E-state index >= 15 is 0 Å². The number of ether oxygens (including phenoxy) is 1. The van der Waals surface area contributed by atoms with Crippen LogP contribution in [0.5, 0.6) is 0 Å². The predicted octanol–water partition coefficient (Wildman–Crippen LogP) is 0.929. The summed E-state index contributed by atoms with van der Waals surface area (Å²) < 4.78 is 4.70. The Hall–Kier alpha value is -3.34. The molecule has 0 unspecified atom stereocenters. The number of nitriles is 1. The van der Waals surface area contributed by atoms with Gasteiger partial charge in [-0.25, -0.2) is 9.59 Å². The summed E-state index contributed by atoms with van der Waals surface area (Å²) in [5, 5.41) is 12.2. The molecule has 2 rings (SSSR count). The van der Waals surface area contributed by atoms with Crippen LogP contribution in [0.4, 0.5) is 4.79 Å². The van der Waals surface area contributed by atoms with Gasteiger partial charge in [-0.2, -0.15) is 10.3 Å². The smallest absolute Gasteiger partial charge is 0.350 e. The number of hydrazine groups is 1. The van der Waals surface area contributed by atoms with Crippen LogP contribution in [-0.2, 0) is 19.9 Å². The third-order valence-electron chi connectivity index (χ3n) is 3.50. The Morgan fingerprint density at radius 1 is 1.42 bits per heavy atom. The summed E-state index contributed by atoms with van der Waals surface area (Å²) in [7, 11) is 0. The lowest BCUT2D eigenvalue weighted by atomic mass is 9.92. The molecule has 124 valence electrons. The largest absolute Gasteiger partial charge is 0.462 e. The van der Waals surface area contributed by atoms with Crippen molar-refractivity contribution in [3.05, 3.63) is 47.7 Å². The fourth-order valence-corrected chi connectivity index (χ4v) is 2.20. The minimum Gasteiger partial charge on any atom is -0.462 e. The summed E-state index contributed by atoms with van der Waals surface area (Å²) >= 11 is 0. The van der Waals surface area contributed by atoms with E-state index in [0.29, 0.717) is 10.6 Å². The first-order valence-electron chi connectivity index (χ1n) is 7.19. The summed E-state index contributed by atoms with van der Waals surface area (Å²) in [5.74, 6) is -1.40. The van der Waals surface area contributed by atoms with Gasteiger partial charge >= 0.3 is 12.0 Å². The van der Waals surface area contributed by atoms with E-state index < -0.39 is 23.4 Å². The number of amides is 3. The molecule has 0 spiro atoms. The molecule has 1 saturated heterocycles. The summed E-state index contributed by atoms with van der Waals surface area (Å²) in [6.45, 7) is 3.28. The molecule has 0 aliphatic carbocycles. The summed E-state index contributed by atoms with van der Waals surface area (Å²) in [5.41, 5.74) is 1.40. The van der Waals surface area contributed by atoms with Crippen LogP contribution in [-0.4, -0.2) is 29.5 Å². The van der Waals surface area contributed by atoms with Gasteiger partial charge in [0.1, 0.15) is 11.6 Å². The number of carbonyl (C=O) groups is 3. The molecule has 0 aromatic heterocycles. The lowest BCUT2D eigenvalue weighted by Crippen LogP contribution is -2.43. The molecule has 1 fully saturated rings. The zero-order chi connectivity index (χ0) is 17.7. The SMILES string of the molecule is CCOC(=O)/C(C#N)=C/NN1C(=O)N[C@@](C)(c2ccccc2)C1=O. The Morgan fingerprint density at radius 2 is 2.08 bits per heavy atom. The highest BCUT2D eigenvalue weighted by atomic mass is 16.5. The third kappa shape index (κ3) is 3.05. The van der Waals surface area contributed by atoms with Crippen molar-refractivity contribution in [1.29, 1.82) is 5.26 Å². The van der Waals surface area contributed by atoms with Crippen LogP contribution in [0.2, 0.25) is 0 Å². The number of nitrogens with zero attached hydrogens (tertiary/aromatic N) is 2. The normalized spacial score (nSPS) is 20.4. The lowest BCUT2D eigenvalue weighted by Gasteiger charge is -2.21. The van der Waals surface area contributed by atoms with Crippen LogP contribution in [0.15, 0.2) is 42.1 Å². The molecule has 24 heavy (non-hydrogen) atoms. The van der Waals surface area contributed by atoms with Crippen LogP contribution < -0.4 is 10.7 Å². The highest BCUT2D eigenvalue weighted by molar-refractivity contribution is 6.06. The first kappa shape index (κ1) is 17.0. The van der Waals surface area contributed by atoms with Gasteiger partial charge in [-0.15, -0.1) is 0 Å². The monoisotopic (exact) mass is 328 g/mol. The summed E-state index contributed by atoms with van der Waals surface area (Å²) in [6.07, 6.45) is 0.964. The van der Waals surface area contributed by atoms with Crippen molar-refractivity contribution in [2.24, 2.45) is 0 Å². The second-order valence-electron chi connectivity index (χ2n) is 5.08. The van der Waals surface area contributed by atoms with Crippen LogP contribution in [0.25, 0.3) is 0 Å². The number of urea groups is 1. The Kier molecular flexibility index (Phi) is 4.84. The molecule has 8 heteroatoms. The molecule has 1 heterocycles. The highest BCUT2D eigenvalue weighted by Crippen LogP contribution is 2.27. The fourth-order valence-electron chi connectivity index (χ4n) is 2.20. The minimum atomic E-state index is -1.24. The van der Waals surface area contributed by atoms with E-state index in [0.717, 1.165) is 6.20 Å². The van der Waals surface area contributed by atoms with Gasteiger partial charge in [-0.3, -0.25) is 10.2 Å². The quantitative estimate of drug-likeness (QED) is 0.360. The van der Waals surface area contributed by atoms with E-state index in [1.54, 1.807) is 50.2 Å². The Balaban J connectivity index is 2.21. The Bertz CT molecular complexity index is 738. The number of hydrogen-bond acceptors (Lipinski definition) is 6. The molecular formula is C16H16N4O4. The average Bonchev–Trinajstić information content (AvgIpc) is 2.80. The van der Waals surface area contributed by atoms with Crippen LogP contribution in [0, 0.1) is 11.3 Å². The molecule has 0 bridgehead atoms. The average molecular weight is 328 g/mol. The van der Waals surface area contributed by atoms with Crippen molar-refractivity contribution in [1.82, 2.24) is 15.8 Å². The molecule has 1 aliphatic heterocycles. The van der Waals surface area contributed by atoms with E-state index in [2.05, 4.69) is 10.7 Å². The van der Waals surface area contributed by atoms with E-state index in [9.17, 15) is 14.4 Å². The zero-order valence-electron chi connectivity index (χ0n) is 13.2. The van der Waals surface area contributed by atoms with Gasteiger partial charge in [0.25, 0.3) is 5.91 Å². The number of hydrogen-bond donors (Lipinski definition) is 2. The minimum absolute atomic E-state index is 0.104. The molecular weight excluding hydrogens is 312 g/mol. The number of imide groups is 1. The number of nitrogens with one attached hydrogen (secondary N) is 2. The van der Waals surface area contributed by atoms with Crippen LogP contribution >= 0.6 is 0 Å². The summed E-state index contributed by atoms with van der Waals surface area (Å²) in [6, 6.07) is 9.70. The van der Waals surface area contributed by atoms with Crippen molar-refractivity contribution < 1.29 is 19.1 Å². The van der Waals surface area contributed by atoms with Crippen molar-refractivity contribution in [2.45, 2.75) is 19.4 Å². The topological polar surface area (TPSA) is 112 Å². The molecule has 1 atom stereocenters. The van der Waals surface area contributed by atoms with E-state index in [-0.39, 0.29) is 12.2 Å². The van der Waals surface area contributed by atoms with Crippen molar-refractivity contribution >= 4 is 17.9 Å². The van der Waals surface area contributed by atoms with Crippen molar-refractivity contribution in [3.8, 4) is 6.07 Å². The molecule has 0 saturated carbocycles. The standard InChI is InChI=1S/C16H16N4O4/c1-3-24-13(21)11(9-17)10-18-20-14(22)16(2,19-15(20)23)12-7-5-4-6-8-12/h4-8,10,18H,3H2,1-2H3,(H,19,23)/b11-10+/t16-/m0/s1. The van der Waals surface area contributed by atoms with Gasteiger partial charge in [0, 0.05) is 6.20 Å². The van der Waals surface area contributed by atoms with E-state index in [1.165, 1.54) is 0 Å². The van der Waals surface area contributed by atoms with Gasteiger partial charge < -0.3 is 10.1 Å². The maximum atomic E-state index is 12.6. The van der Waals surface area contributed by atoms with Crippen molar-refractivity contribution in [2.75, 3.05) is 6.61 Å². The zero-order valence-corrected chi connectivity index (χ0v) is 13.2. The van der Waals surface area contributed by atoms with E-state index in [1.807, 2.05) is 0 Å². The maximum absolute atomic E-state index is 12.6. The van der Waals surface area contributed by atoms with Gasteiger partial charge in [0.05, 0.1) is 6.61 Å². The second kappa shape index (κ2) is 6.83. The molecule has 0 radical (unpaired) electrons. The number of rotatable bonds is 5. The van der Waals surface area contributed by atoms with Crippen LogP contribution in [0.1, 0.15) is 19.4 Å². The molecule has 1 aromatic carbocycles. The molecule has 1 aromatic rings. The first-order valence-corrected chi connectivity index (χ1v) is 7.19. The lowest BCUT2D eigenvalue weighted by molar-refractivity contribution is -0.138. The van der Waals surface area contributed by atoms with Crippen molar-refractivity contribution in [3.63, 3.8) is 0 Å². The molecule has 3 amide bonds. The highest BCUT2D eigenvalue weighted by Gasteiger charge is 2.49. The van der Waals surface area contributed by atoms with Gasteiger partial charge in [-0.05, 0) is 19.4 Å². The number of benzene rings is 1. The second-order valence-corrected chi connectivity index (χ2v) is 5.08. The summed E-state index contributed by atoms with van der Waals surface area (Å²) in [4.78, 5) is 36.2. The molecule has 1 aliphatic rings. The maximum Gasteiger partial charge on any atom is 0.350 e. The van der Waals surface area contributed by atoms with E-state index in [4.69, 9.17) is 10.00 Å². The molecule has 2 N–H and O–H groups in total. The predicted molar refractivity (Wildman–Crippen MR) is 82.6 cm³/mol. The first-order chi connectivity index (χ1) is 11.4.